The molecule has 4 aromatic rings. The van der Waals surface area contributed by atoms with Crippen molar-refractivity contribution in [2.24, 2.45) is 0 Å². The lowest BCUT2D eigenvalue weighted by Gasteiger charge is -2.09. The summed E-state index contributed by atoms with van der Waals surface area (Å²) >= 11 is 0. The number of aromatic nitrogens is 4. The highest BCUT2D eigenvalue weighted by Gasteiger charge is 2.10. The summed E-state index contributed by atoms with van der Waals surface area (Å²) in [6.45, 7) is 0.476. The maximum Gasteiger partial charge on any atom is 0.283 e. The highest BCUT2D eigenvalue weighted by atomic mass is 35.5. The number of nitrogens with two attached hydrogens (primary N) is 1. The van der Waals surface area contributed by atoms with Crippen LogP contribution in [0.3, 0.4) is 0 Å². The number of aryl methyl sites for hydroxylation is 3. The van der Waals surface area contributed by atoms with Crippen LogP contribution in [-0.4, -0.2) is 19.5 Å². The van der Waals surface area contributed by atoms with Crippen LogP contribution in [0.5, 0.6) is 0 Å². The topological polar surface area (TPSA) is 89.6 Å². The van der Waals surface area contributed by atoms with Gasteiger partial charge in [-0.25, -0.2) is 4.98 Å². The van der Waals surface area contributed by atoms with Gasteiger partial charge in [0.15, 0.2) is 11.2 Å². The van der Waals surface area contributed by atoms with Gasteiger partial charge in [0.2, 0.25) is 5.95 Å². The molecule has 28 heavy (non-hydrogen) atoms. The Morgan fingerprint density at radius 1 is 0.893 bits per heavy atom. The summed E-state index contributed by atoms with van der Waals surface area (Å²) in [4.78, 5) is 23.5. The van der Waals surface area contributed by atoms with Crippen molar-refractivity contribution in [1.82, 2.24) is 19.5 Å². The van der Waals surface area contributed by atoms with Crippen LogP contribution in [0.4, 0.5) is 5.95 Å². The molecule has 0 aliphatic carbocycles. The molecule has 0 spiro atoms. The second-order valence-corrected chi connectivity index (χ2v) is 6.58. The molecule has 0 saturated carbocycles. The summed E-state index contributed by atoms with van der Waals surface area (Å²) in [7, 11) is 0. The third kappa shape index (κ3) is 4.23. The number of benzene rings is 2. The van der Waals surface area contributed by atoms with E-state index in [-0.39, 0.29) is 23.9 Å². The van der Waals surface area contributed by atoms with Gasteiger partial charge in [0.1, 0.15) is 0 Å². The first-order chi connectivity index (χ1) is 13.2. The van der Waals surface area contributed by atoms with E-state index < -0.39 is 0 Å². The Morgan fingerprint density at radius 3 is 2.18 bits per heavy atom. The molecule has 0 bridgehead atoms. The fraction of sp³-hybridized carbons (Fsp3) is 0.190. The first kappa shape index (κ1) is 19.6. The lowest BCUT2D eigenvalue weighted by Crippen LogP contribution is -2.25. The summed E-state index contributed by atoms with van der Waals surface area (Å²) < 4.78 is 1.48. The number of fused-ring (bicyclic) bond motifs is 1. The maximum atomic E-state index is 12.5. The SMILES string of the molecule is Cl.Nc1nc2[nH]cnc2c(=O)n1CCc1ccc(CCc2ccccc2)cc1. The summed E-state index contributed by atoms with van der Waals surface area (Å²) in [5.41, 5.74) is 10.3. The van der Waals surface area contributed by atoms with Crippen molar-refractivity contribution in [1.29, 1.82) is 0 Å². The second kappa shape index (κ2) is 8.71. The number of nitrogens with zero attached hydrogens (tertiary/aromatic N) is 3. The summed E-state index contributed by atoms with van der Waals surface area (Å²) in [5, 5.41) is 0. The van der Waals surface area contributed by atoms with Crippen LogP contribution in [0.15, 0.2) is 65.7 Å². The molecule has 0 radical (unpaired) electrons. The number of imidazole rings is 1. The normalized spacial score (nSPS) is 10.7. The average Bonchev–Trinajstić information content (AvgIpc) is 3.16. The largest absolute Gasteiger partial charge is 0.369 e. The third-order valence-electron chi connectivity index (χ3n) is 4.76. The molecule has 0 atom stereocenters. The van der Waals surface area contributed by atoms with Gasteiger partial charge in [0.25, 0.3) is 5.56 Å². The molecule has 2 aromatic carbocycles. The van der Waals surface area contributed by atoms with Crippen LogP contribution in [0.2, 0.25) is 0 Å². The van der Waals surface area contributed by atoms with Crippen molar-refractivity contribution in [3.63, 3.8) is 0 Å². The Labute approximate surface area is 168 Å². The van der Waals surface area contributed by atoms with Crippen molar-refractivity contribution < 1.29 is 0 Å². The Kier molecular flexibility index (Phi) is 6.11. The summed E-state index contributed by atoms with van der Waals surface area (Å²) in [5.74, 6) is 0.205. The van der Waals surface area contributed by atoms with E-state index in [0.29, 0.717) is 24.1 Å². The van der Waals surface area contributed by atoms with Crippen molar-refractivity contribution in [3.8, 4) is 0 Å². The van der Waals surface area contributed by atoms with Crippen LogP contribution in [0.25, 0.3) is 11.2 Å². The number of hydrogen-bond donors (Lipinski definition) is 2. The molecule has 6 nitrogen and oxygen atoms in total. The Balaban J connectivity index is 0.00000225. The predicted octanol–water partition coefficient (Wildman–Crippen LogP) is 3.15. The number of hydrogen-bond acceptors (Lipinski definition) is 4. The number of rotatable bonds is 6. The van der Waals surface area contributed by atoms with Gasteiger partial charge in [0, 0.05) is 6.54 Å². The number of H-pyrrole nitrogens is 1. The predicted molar refractivity (Wildman–Crippen MR) is 114 cm³/mol. The minimum absolute atomic E-state index is 0. The Bertz CT molecular complexity index is 1100. The Morgan fingerprint density at radius 2 is 1.50 bits per heavy atom. The fourth-order valence-electron chi connectivity index (χ4n) is 3.20. The van der Waals surface area contributed by atoms with Gasteiger partial charge in [-0.05, 0) is 36.0 Å². The zero-order chi connectivity index (χ0) is 18.6. The second-order valence-electron chi connectivity index (χ2n) is 6.58. The van der Waals surface area contributed by atoms with E-state index in [0.717, 1.165) is 18.4 Å². The molecule has 7 heteroatoms. The van der Waals surface area contributed by atoms with Gasteiger partial charge >= 0.3 is 0 Å². The molecule has 0 unspecified atom stereocenters. The maximum absolute atomic E-state index is 12.5. The van der Waals surface area contributed by atoms with Crippen molar-refractivity contribution in [2.75, 3.05) is 5.73 Å². The highest BCUT2D eigenvalue weighted by Crippen LogP contribution is 2.11. The minimum atomic E-state index is -0.210. The molecule has 0 aliphatic heterocycles. The van der Waals surface area contributed by atoms with Crippen LogP contribution < -0.4 is 11.3 Å². The molecule has 0 aliphatic rings. The molecule has 144 valence electrons. The van der Waals surface area contributed by atoms with E-state index in [1.165, 1.54) is 22.0 Å². The van der Waals surface area contributed by atoms with Crippen molar-refractivity contribution in [3.05, 3.63) is 88.0 Å². The minimum Gasteiger partial charge on any atom is -0.369 e. The van der Waals surface area contributed by atoms with Crippen molar-refractivity contribution in [2.45, 2.75) is 25.8 Å². The average molecular weight is 396 g/mol. The van der Waals surface area contributed by atoms with Crippen molar-refractivity contribution >= 4 is 29.5 Å². The number of aromatic amines is 1. The van der Waals surface area contributed by atoms with Gasteiger partial charge in [0.05, 0.1) is 6.33 Å². The van der Waals surface area contributed by atoms with Gasteiger partial charge in [-0.15, -0.1) is 12.4 Å². The molecule has 4 rings (SSSR count). The number of halogens is 1. The molecule has 2 heterocycles. The third-order valence-corrected chi connectivity index (χ3v) is 4.76. The van der Waals surface area contributed by atoms with E-state index in [1.807, 2.05) is 6.07 Å². The lowest BCUT2D eigenvalue weighted by molar-refractivity contribution is 0.673. The number of anilines is 1. The van der Waals surface area contributed by atoms with Gasteiger partial charge < -0.3 is 10.7 Å². The molecule has 0 fully saturated rings. The number of nitrogens with one attached hydrogen (secondary N) is 1. The highest BCUT2D eigenvalue weighted by molar-refractivity contribution is 5.85. The van der Waals surface area contributed by atoms with E-state index in [9.17, 15) is 4.79 Å². The fourth-order valence-corrected chi connectivity index (χ4v) is 3.20. The first-order valence-electron chi connectivity index (χ1n) is 9.02. The van der Waals surface area contributed by atoms with Crippen LogP contribution in [0.1, 0.15) is 16.7 Å². The van der Waals surface area contributed by atoms with Gasteiger partial charge in [-0.1, -0.05) is 54.6 Å². The molecule has 0 amide bonds. The standard InChI is InChI=1S/C21H21N5O.ClH/c22-21-25-19-18(23-14-24-19)20(27)26(21)13-12-17-10-8-16(9-11-17)7-6-15-4-2-1-3-5-15;/h1-5,8-11,14H,6-7,12-13H2,(H2,22,25)(H,23,24);1H. The molecule has 2 aromatic heterocycles. The van der Waals surface area contributed by atoms with E-state index >= 15 is 0 Å². The molecular formula is C21H22ClN5O. The quantitative estimate of drug-likeness (QED) is 0.524. The summed E-state index contributed by atoms with van der Waals surface area (Å²) in [6, 6.07) is 19.0. The molecular weight excluding hydrogens is 374 g/mol. The van der Waals surface area contributed by atoms with Gasteiger partial charge in [-0.2, -0.15) is 4.98 Å². The van der Waals surface area contributed by atoms with Crippen LogP contribution in [-0.2, 0) is 25.8 Å². The molecule has 0 saturated heterocycles. The van der Waals surface area contributed by atoms with E-state index in [1.54, 1.807) is 0 Å². The number of nitrogen functional groups attached to an aromatic ring is 1. The monoisotopic (exact) mass is 395 g/mol. The smallest absolute Gasteiger partial charge is 0.283 e. The lowest BCUT2D eigenvalue weighted by atomic mass is 10.0. The first-order valence-corrected chi connectivity index (χ1v) is 9.02. The van der Waals surface area contributed by atoms with E-state index in [2.05, 4.69) is 63.5 Å². The van der Waals surface area contributed by atoms with Crippen LogP contribution in [0, 0.1) is 0 Å². The molecule has 3 N–H and O–H groups in total. The van der Waals surface area contributed by atoms with Gasteiger partial charge in [-0.3, -0.25) is 9.36 Å². The van der Waals surface area contributed by atoms with Crippen LogP contribution >= 0.6 is 12.4 Å². The zero-order valence-electron chi connectivity index (χ0n) is 15.3. The van der Waals surface area contributed by atoms with E-state index in [4.69, 9.17) is 5.73 Å². The Hall–Kier alpha value is -3.12. The zero-order valence-corrected chi connectivity index (χ0v) is 16.2. The summed E-state index contributed by atoms with van der Waals surface area (Å²) in [6.07, 6.45) is 4.20.